The monoisotopic (exact) mass is 144 g/mol. The minimum Gasteiger partial charge on any atom is -0.306 e. The van der Waals surface area contributed by atoms with Crippen LogP contribution in [-0.2, 0) is 0 Å². The quantitative estimate of drug-likeness (QED) is 0.509. The van der Waals surface area contributed by atoms with Crippen molar-refractivity contribution in [2.24, 2.45) is 0 Å². The molecule has 0 aliphatic carbocycles. The molecular weight excluding hydrogens is 136 g/mol. The van der Waals surface area contributed by atoms with Gasteiger partial charge in [-0.05, 0) is 18.6 Å². The van der Waals surface area contributed by atoms with Gasteiger partial charge in [-0.25, -0.2) is 4.98 Å². The van der Waals surface area contributed by atoms with E-state index in [-0.39, 0.29) is 0 Å². The van der Waals surface area contributed by atoms with E-state index in [0.717, 1.165) is 5.82 Å². The SMILES string of the molecule is CC1=Cn2ccnc2C=C=C1. The van der Waals surface area contributed by atoms with Gasteiger partial charge in [0.25, 0.3) is 0 Å². The average Bonchev–Trinajstić information content (AvgIpc) is 2.31. The molecule has 0 spiro atoms. The fourth-order valence-electron chi connectivity index (χ4n) is 1.05. The second-order valence-electron chi connectivity index (χ2n) is 2.52. The third-order valence-electron chi connectivity index (χ3n) is 1.56. The third kappa shape index (κ3) is 1.04. The van der Waals surface area contributed by atoms with Crippen LogP contribution in [0.25, 0.3) is 12.3 Å². The number of nitrogens with zero attached hydrogens (tertiary/aromatic N) is 2. The molecule has 54 valence electrons. The van der Waals surface area contributed by atoms with Crippen LogP contribution in [0.2, 0.25) is 0 Å². The van der Waals surface area contributed by atoms with Gasteiger partial charge in [0.1, 0.15) is 5.82 Å². The van der Waals surface area contributed by atoms with Crippen molar-refractivity contribution >= 4 is 12.3 Å². The van der Waals surface area contributed by atoms with E-state index in [4.69, 9.17) is 0 Å². The molecule has 11 heavy (non-hydrogen) atoms. The largest absolute Gasteiger partial charge is 0.306 e. The molecule has 2 heteroatoms. The van der Waals surface area contributed by atoms with E-state index in [0.29, 0.717) is 0 Å². The van der Waals surface area contributed by atoms with Crippen molar-refractivity contribution in [1.29, 1.82) is 0 Å². The van der Waals surface area contributed by atoms with Crippen LogP contribution < -0.4 is 0 Å². The number of hydrogen-bond acceptors (Lipinski definition) is 1. The molecule has 0 fully saturated rings. The van der Waals surface area contributed by atoms with Crippen molar-refractivity contribution in [3.8, 4) is 0 Å². The third-order valence-corrected chi connectivity index (χ3v) is 1.56. The Hall–Kier alpha value is -1.53. The van der Waals surface area contributed by atoms with Gasteiger partial charge >= 0.3 is 0 Å². The fraction of sp³-hybridized carbons (Fsp3) is 0.111. The summed E-state index contributed by atoms with van der Waals surface area (Å²) >= 11 is 0. The summed E-state index contributed by atoms with van der Waals surface area (Å²) in [6, 6.07) is 0. The first-order valence-electron chi connectivity index (χ1n) is 3.50. The molecular formula is C9H8N2. The minimum atomic E-state index is 0.929. The van der Waals surface area contributed by atoms with Gasteiger partial charge in [-0.2, -0.15) is 0 Å². The van der Waals surface area contributed by atoms with Crippen LogP contribution >= 0.6 is 0 Å². The molecule has 0 N–H and O–H groups in total. The highest BCUT2D eigenvalue weighted by Gasteiger charge is 1.96. The van der Waals surface area contributed by atoms with Gasteiger partial charge in [-0.15, -0.1) is 5.73 Å². The first kappa shape index (κ1) is 6.20. The summed E-state index contributed by atoms with van der Waals surface area (Å²) < 4.78 is 1.98. The lowest BCUT2D eigenvalue weighted by Gasteiger charge is -1.94. The molecule has 1 aliphatic rings. The Morgan fingerprint density at radius 2 is 2.36 bits per heavy atom. The Labute approximate surface area is 65.2 Å². The lowest BCUT2D eigenvalue weighted by atomic mass is 10.3. The number of allylic oxidation sites excluding steroid dienone is 2. The molecule has 1 aromatic rings. The topological polar surface area (TPSA) is 17.8 Å². The molecule has 1 aromatic heterocycles. The molecule has 2 rings (SSSR count). The zero-order valence-electron chi connectivity index (χ0n) is 6.28. The van der Waals surface area contributed by atoms with Crippen LogP contribution in [0.1, 0.15) is 12.7 Å². The van der Waals surface area contributed by atoms with E-state index in [1.165, 1.54) is 5.57 Å². The minimum absolute atomic E-state index is 0.929. The Kier molecular flexibility index (Phi) is 1.27. The van der Waals surface area contributed by atoms with Crippen molar-refractivity contribution < 1.29 is 0 Å². The van der Waals surface area contributed by atoms with E-state index < -0.39 is 0 Å². The Morgan fingerprint density at radius 3 is 3.27 bits per heavy atom. The van der Waals surface area contributed by atoms with Crippen molar-refractivity contribution in [2.45, 2.75) is 6.92 Å². The van der Waals surface area contributed by atoms with Gasteiger partial charge in [0.05, 0.1) is 0 Å². The maximum absolute atomic E-state index is 4.13. The highest BCUT2D eigenvalue weighted by molar-refractivity contribution is 5.51. The summed E-state index contributed by atoms with van der Waals surface area (Å²) in [6.45, 7) is 2.04. The normalized spacial score (nSPS) is 14.1. The maximum Gasteiger partial charge on any atom is 0.144 e. The van der Waals surface area contributed by atoms with Crippen LogP contribution in [0.15, 0.2) is 29.8 Å². The van der Waals surface area contributed by atoms with E-state index >= 15 is 0 Å². The van der Waals surface area contributed by atoms with Crippen LogP contribution in [0.5, 0.6) is 0 Å². The van der Waals surface area contributed by atoms with E-state index in [1.54, 1.807) is 6.20 Å². The van der Waals surface area contributed by atoms with Gasteiger partial charge in [-0.3, -0.25) is 0 Å². The van der Waals surface area contributed by atoms with Crippen LogP contribution in [0.3, 0.4) is 0 Å². The second-order valence-corrected chi connectivity index (χ2v) is 2.52. The Bertz CT molecular complexity index is 363. The molecule has 0 aromatic carbocycles. The van der Waals surface area contributed by atoms with Gasteiger partial charge in [0.15, 0.2) is 0 Å². The van der Waals surface area contributed by atoms with Crippen LogP contribution in [0.4, 0.5) is 0 Å². The van der Waals surface area contributed by atoms with E-state index in [2.05, 4.69) is 10.7 Å². The molecule has 0 radical (unpaired) electrons. The number of imidazole rings is 1. The van der Waals surface area contributed by atoms with Crippen molar-refractivity contribution in [3.05, 3.63) is 35.6 Å². The predicted octanol–water partition coefficient (Wildman–Crippen LogP) is 1.93. The first-order chi connectivity index (χ1) is 5.36. The average molecular weight is 144 g/mol. The standard InChI is InChI=1S/C9H8N2/c1-8-3-2-4-9-10-5-6-11(9)7-8/h3-7H,1H3. The van der Waals surface area contributed by atoms with Crippen molar-refractivity contribution in [2.75, 3.05) is 0 Å². The second kappa shape index (κ2) is 2.26. The summed E-state index contributed by atoms with van der Waals surface area (Å²) in [7, 11) is 0. The lowest BCUT2D eigenvalue weighted by Crippen LogP contribution is -1.87. The number of aromatic nitrogens is 2. The molecule has 0 bridgehead atoms. The van der Waals surface area contributed by atoms with Crippen LogP contribution in [0, 0.1) is 0 Å². The zero-order valence-corrected chi connectivity index (χ0v) is 6.28. The first-order valence-corrected chi connectivity index (χ1v) is 3.50. The zero-order chi connectivity index (χ0) is 7.68. The van der Waals surface area contributed by atoms with Gasteiger partial charge in [0.2, 0.25) is 0 Å². The van der Waals surface area contributed by atoms with E-state index in [9.17, 15) is 0 Å². The molecule has 2 heterocycles. The summed E-state index contributed by atoms with van der Waals surface area (Å²) in [6.07, 6.45) is 9.54. The summed E-state index contributed by atoms with van der Waals surface area (Å²) in [5.41, 5.74) is 4.22. The summed E-state index contributed by atoms with van der Waals surface area (Å²) in [5, 5.41) is 0. The fourth-order valence-corrected chi connectivity index (χ4v) is 1.05. The Morgan fingerprint density at radius 1 is 1.45 bits per heavy atom. The molecule has 0 unspecified atom stereocenters. The molecule has 0 saturated carbocycles. The van der Waals surface area contributed by atoms with Crippen LogP contribution in [-0.4, -0.2) is 9.55 Å². The number of hydrogen-bond donors (Lipinski definition) is 0. The highest BCUT2D eigenvalue weighted by atomic mass is 15.0. The van der Waals surface area contributed by atoms with Gasteiger partial charge in [0, 0.05) is 24.7 Å². The Balaban J connectivity index is 2.66. The smallest absolute Gasteiger partial charge is 0.144 e. The maximum atomic E-state index is 4.13. The van der Waals surface area contributed by atoms with Gasteiger partial charge < -0.3 is 4.57 Å². The van der Waals surface area contributed by atoms with Gasteiger partial charge in [-0.1, -0.05) is 0 Å². The highest BCUT2D eigenvalue weighted by Crippen LogP contribution is 2.07. The molecule has 0 amide bonds. The summed E-state index contributed by atoms with van der Waals surface area (Å²) in [5.74, 6) is 0.929. The molecule has 0 saturated heterocycles. The predicted molar refractivity (Wildman–Crippen MR) is 44.7 cm³/mol. The van der Waals surface area contributed by atoms with Crippen molar-refractivity contribution in [3.63, 3.8) is 0 Å². The number of rotatable bonds is 0. The van der Waals surface area contributed by atoms with Crippen molar-refractivity contribution in [1.82, 2.24) is 9.55 Å². The number of fused-ring (bicyclic) bond motifs is 1. The summed E-state index contributed by atoms with van der Waals surface area (Å²) in [4.78, 5) is 4.13. The molecule has 0 atom stereocenters. The lowest BCUT2D eigenvalue weighted by molar-refractivity contribution is 1.10. The van der Waals surface area contributed by atoms with E-state index in [1.807, 2.05) is 36.0 Å². The molecule has 2 nitrogen and oxygen atoms in total. The molecule has 1 aliphatic heterocycles.